The maximum atomic E-state index is 13.8. The SMILES string of the molecule is C=C(OC(C)=NC)c1ccccc1C(=O)N(CC)[C@@H](C)COc1ccc(C(F)(F)CC)cn1. The number of alkyl halides is 2. The molecule has 1 heterocycles. The van der Waals surface area contributed by atoms with Crippen molar-refractivity contribution in [2.24, 2.45) is 4.99 Å². The summed E-state index contributed by atoms with van der Waals surface area (Å²) in [5, 5.41) is 0. The largest absolute Gasteiger partial charge is 0.475 e. The van der Waals surface area contributed by atoms with E-state index >= 15 is 0 Å². The number of hydrogen-bond donors (Lipinski definition) is 0. The van der Waals surface area contributed by atoms with Gasteiger partial charge in [0.05, 0.1) is 11.6 Å². The fourth-order valence-electron chi connectivity index (χ4n) is 3.18. The van der Waals surface area contributed by atoms with Crippen molar-refractivity contribution in [1.82, 2.24) is 9.88 Å². The third-order valence-electron chi connectivity index (χ3n) is 5.25. The van der Waals surface area contributed by atoms with Gasteiger partial charge in [-0.15, -0.1) is 0 Å². The van der Waals surface area contributed by atoms with E-state index in [9.17, 15) is 13.6 Å². The second-order valence-corrected chi connectivity index (χ2v) is 7.51. The van der Waals surface area contributed by atoms with Crippen LogP contribution < -0.4 is 4.74 Å². The van der Waals surface area contributed by atoms with Crippen LogP contribution in [0.15, 0.2) is 54.2 Å². The Kier molecular flexibility index (Phi) is 9.08. The van der Waals surface area contributed by atoms with Crippen molar-refractivity contribution in [3.05, 3.63) is 65.9 Å². The zero-order valence-corrected chi connectivity index (χ0v) is 19.8. The number of hydrogen-bond acceptors (Lipinski definition) is 5. The third-order valence-corrected chi connectivity index (χ3v) is 5.25. The monoisotopic (exact) mass is 459 g/mol. The first-order valence-electron chi connectivity index (χ1n) is 10.8. The van der Waals surface area contributed by atoms with Gasteiger partial charge in [0.1, 0.15) is 12.4 Å². The lowest BCUT2D eigenvalue weighted by atomic mass is 10.0. The Morgan fingerprint density at radius 2 is 1.88 bits per heavy atom. The van der Waals surface area contributed by atoms with E-state index in [0.29, 0.717) is 29.3 Å². The molecule has 0 aliphatic carbocycles. The van der Waals surface area contributed by atoms with Gasteiger partial charge in [-0.25, -0.2) is 13.8 Å². The molecule has 0 aliphatic rings. The highest BCUT2D eigenvalue weighted by molar-refractivity contribution is 5.99. The number of ether oxygens (including phenoxy) is 2. The summed E-state index contributed by atoms with van der Waals surface area (Å²) in [6.07, 6.45) is 0.818. The van der Waals surface area contributed by atoms with Gasteiger partial charge >= 0.3 is 0 Å². The Labute approximate surface area is 194 Å². The molecule has 2 aromatic rings. The van der Waals surface area contributed by atoms with Gasteiger partial charge in [0.15, 0.2) is 5.90 Å². The molecule has 0 radical (unpaired) electrons. The standard InChI is InChI=1S/C25H31F2N3O3/c1-7-25(26,27)20-13-14-23(29-15-20)32-16-17(3)30(8-2)24(31)22-12-10-9-11-21(22)18(4)33-19(5)28-6/h9-15,17H,4,7-8,16H2,1-3,5-6H3/t17-/m0/s1. The summed E-state index contributed by atoms with van der Waals surface area (Å²) >= 11 is 0. The normalized spacial score (nSPS) is 12.8. The zero-order chi connectivity index (χ0) is 24.6. The van der Waals surface area contributed by atoms with Crippen molar-refractivity contribution >= 4 is 17.6 Å². The molecule has 0 aliphatic heterocycles. The van der Waals surface area contributed by atoms with Gasteiger partial charge in [-0.05, 0) is 26.0 Å². The summed E-state index contributed by atoms with van der Waals surface area (Å²) in [4.78, 5) is 22.9. The van der Waals surface area contributed by atoms with Crippen LogP contribution in [0.5, 0.6) is 5.88 Å². The fraction of sp³-hybridized carbons (Fsp3) is 0.400. The molecule has 0 unspecified atom stereocenters. The minimum absolute atomic E-state index is 0.150. The van der Waals surface area contributed by atoms with Gasteiger partial charge in [-0.1, -0.05) is 31.7 Å². The summed E-state index contributed by atoms with van der Waals surface area (Å²) in [6, 6.07) is 9.49. The van der Waals surface area contributed by atoms with Gasteiger partial charge in [0, 0.05) is 50.3 Å². The highest BCUT2D eigenvalue weighted by atomic mass is 19.3. The van der Waals surface area contributed by atoms with Crippen molar-refractivity contribution in [2.45, 2.75) is 46.1 Å². The van der Waals surface area contributed by atoms with Crippen molar-refractivity contribution in [3.63, 3.8) is 0 Å². The minimum atomic E-state index is -2.92. The molecule has 178 valence electrons. The summed E-state index contributed by atoms with van der Waals surface area (Å²) in [7, 11) is 1.61. The maximum absolute atomic E-state index is 13.8. The Bertz CT molecular complexity index is 991. The molecule has 1 amide bonds. The van der Waals surface area contributed by atoms with E-state index in [2.05, 4.69) is 16.6 Å². The third kappa shape index (κ3) is 6.60. The van der Waals surface area contributed by atoms with E-state index in [1.165, 1.54) is 19.1 Å². The van der Waals surface area contributed by atoms with E-state index in [-0.39, 0.29) is 36.4 Å². The Hall–Kier alpha value is -3.29. The molecule has 0 saturated heterocycles. The zero-order valence-electron chi connectivity index (χ0n) is 19.8. The van der Waals surface area contributed by atoms with Crippen LogP contribution in [0.1, 0.15) is 55.6 Å². The lowest BCUT2D eigenvalue weighted by Gasteiger charge is -2.29. The quantitative estimate of drug-likeness (QED) is 0.266. The van der Waals surface area contributed by atoms with Gasteiger partial charge in [-0.2, -0.15) is 0 Å². The van der Waals surface area contributed by atoms with Crippen LogP contribution in [0.25, 0.3) is 5.76 Å². The lowest BCUT2D eigenvalue weighted by Crippen LogP contribution is -2.42. The Morgan fingerprint density at radius 3 is 2.42 bits per heavy atom. The van der Waals surface area contributed by atoms with E-state index < -0.39 is 5.92 Å². The minimum Gasteiger partial charge on any atom is -0.475 e. The number of carbonyl (C=O) groups excluding carboxylic acids is 1. The average Bonchev–Trinajstić information content (AvgIpc) is 2.83. The Morgan fingerprint density at radius 1 is 1.21 bits per heavy atom. The molecule has 0 bridgehead atoms. The lowest BCUT2D eigenvalue weighted by molar-refractivity contribution is -0.00872. The van der Waals surface area contributed by atoms with Crippen LogP contribution in [0.2, 0.25) is 0 Å². The predicted molar refractivity (Wildman–Crippen MR) is 126 cm³/mol. The molecule has 0 saturated carbocycles. The van der Waals surface area contributed by atoms with E-state index in [4.69, 9.17) is 9.47 Å². The number of likely N-dealkylation sites (N-methyl/N-ethyl adjacent to an activating group) is 1. The smallest absolute Gasteiger partial charge is 0.274 e. The summed E-state index contributed by atoms with van der Waals surface area (Å²) < 4.78 is 38.8. The molecule has 0 fully saturated rings. The number of nitrogens with zero attached hydrogens (tertiary/aromatic N) is 3. The number of aromatic nitrogens is 1. The summed E-state index contributed by atoms with van der Waals surface area (Å²) in [5.74, 6) is -2.14. The number of carbonyl (C=O) groups is 1. The number of halogens is 2. The highest BCUT2D eigenvalue weighted by Crippen LogP contribution is 2.31. The topological polar surface area (TPSA) is 64.0 Å². The molecular formula is C25H31F2N3O3. The van der Waals surface area contributed by atoms with Crippen LogP contribution in [-0.4, -0.2) is 47.9 Å². The van der Waals surface area contributed by atoms with E-state index in [1.807, 2.05) is 13.8 Å². The number of pyridine rings is 1. The summed E-state index contributed by atoms with van der Waals surface area (Å²) in [5.41, 5.74) is 0.869. The van der Waals surface area contributed by atoms with E-state index in [0.717, 1.165) is 6.20 Å². The first-order chi connectivity index (χ1) is 15.6. The van der Waals surface area contributed by atoms with Crippen LogP contribution in [0, 0.1) is 0 Å². The van der Waals surface area contributed by atoms with Crippen molar-refractivity contribution in [2.75, 3.05) is 20.2 Å². The Balaban J connectivity index is 2.12. The van der Waals surface area contributed by atoms with Crippen molar-refractivity contribution in [1.29, 1.82) is 0 Å². The van der Waals surface area contributed by atoms with E-state index in [1.54, 1.807) is 43.1 Å². The van der Waals surface area contributed by atoms with Crippen molar-refractivity contribution in [3.8, 4) is 5.88 Å². The fourth-order valence-corrected chi connectivity index (χ4v) is 3.18. The van der Waals surface area contributed by atoms with Gasteiger partial charge in [0.25, 0.3) is 11.8 Å². The molecule has 8 heteroatoms. The predicted octanol–water partition coefficient (Wildman–Crippen LogP) is 5.55. The number of aliphatic imine (C=N–C) groups is 1. The molecule has 0 spiro atoms. The second kappa shape index (κ2) is 11.5. The van der Waals surface area contributed by atoms with Crippen LogP contribution in [0.3, 0.4) is 0 Å². The average molecular weight is 460 g/mol. The van der Waals surface area contributed by atoms with Gasteiger partial charge in [0.2, 0.25) is 5.88 Å². The van der Waals surface area contributed by atoms with Crippen molar-refractivity contribution < 1.29 is 23.0 Å². The van der Waals surface area contributed by atoms with Gasteiger partial charge in [-0.3, -0.25) is 9.79 Å². The van der Waals surface area contributed by atoms with Crippen LogP contribution >= 0.6 is 0 Å². The molecule has 1 aromatic carbocycles. The van der Waals surface area contributed by atoms with Gasteiger partial charge < -0.3 is 14.4 Å². The molecule has 1 atom stereocenters. The molecule has 2 rings (SSSR count). The molecular weight excluding hydrogens is 428 g/mol. The summed E-state index contributed by atoms with van der Waals surface area (Å²) in [6.45, 7) is 11.4. The maximum Gasteiger partial charge on any atom is 0.274 e. The second-order valence-electron chi connectivity index (χ2n) is 7.51. The first kappa shape index (κ1) is 26.0. The highest BCUT2D eigenvalue weighted by Gasteiger charge is 2.29. The number of amides is 1. The number of rotatable bonds is 10. The van der Waals surface area contributed by atoms with Crippen LogP contribution in [-0.2, 0) is 10.7 Å². The molecule has 33 heavy (non-hydrogen) atoms. The first-order valence-corrected chi connectivity index (χ1v) is 10.8. The van der Waals surface area contributed by atoms with Crippen LogP contribution in [0.4, 0.5) is 8.78 Å². The molecule has 0 N–H and O–H groups in total. The molecule has 1 aromatic heterocycles. The molecule has 6 nitrogen and oxygen atoms in total. The number of benzene rings is 1.